The van der Waals surface area contributed by atoms with Crippen LogP contribution in [0.25, 0.3) is 27.9 Å². The molecule has 4 aromatic rings. The Labute approximate surface area is 203 Å². The van der Waals surface area contributed by atoms with Crippen molar-refractivity contribution in [3.8, 4) is 17.3 Å². The maximum Gasteiger partial charge on any atom is 0.243 e. The van der Waals surface area contributed by atoms with Crippen molar-refractivity contribution in [1.82, 2.24) is 24.3 Å². The Balaban J connectivity index is 1.44. The number of benzene rings is 1. The lowest BCUT2D eigenvalue weighted by Gasteiger charge is -2.33. The number of hydrogen-bond acceptors (Lipinski definition) is 5. The van der Waals surface area contributed by atoms with Crippen molar-refractivity contribution < 1.29 is 9.90 Å². The van der Waals surface area contributed by atoms with Crippen LogP contribution in [-0.2, 0) is 10.4 Å². The first kappa shape index (κ1) is 21.8. The average Bonchev–Trinajstić information content (AvgIpc) is 3.34. The van der Waals surface area contributed by atoms with Gasteiger partial charge in [0, 0.05) is 30.8 Å². The zero-order chi connectivity index (χ0) is 24.4. The molecule has 0 spiro atoms. The summed E-state index contributed by atoms with van der Waals surface area (Å²) in [4.78, 5) is 27.9. The van der Waals surface area contributed by atoms with Crippen LogP contribution in [0.1, 0.15) is 56.8 Å². The van der Waals surface area contributed by atoms with Crippen molar-refractivity contribution in [3.63, 3.8) is 0 Å². The van der Waals surface area contributed by atoms with Crippen molar-refractivity contribution >= 4 is 22.6 Å². The lowest BCUT2D eigenvalue weighted by Crippen LogP contribution is -2.43. The summed E-state index contributed by atoms with van der Waals surface area (Å²) >= 11 is 0. The summed E-state index contributed by atoms with van der Waals surface area (Å²) in [5.41, 5.74) is 3.53. The first-order valence-electron chi connectivity index (χ1n) is 12.2. The lowest BCUT2D eigenvalue weighted by atomic mass is 9.95. The number of nitrogens with zero attached hydrogens (tertiary/aromatic N) is 5. The smallest absolute Gasteiger partial charge is 0.243 e. The highest BCUT2D eigenvalue weighted by atomic mass is 16.3. The van der Waals surface area contributed by atoms with Crippen LogP contribution in [0.2, 0.25) is 0 Å². The fourth-order valence-electron chi connectivity index (χ4n) is 5.28. The topological polar surface area (TPSA) is 110 Å². The molecule has 3 aromatic heterocycles. The van der Waals surface area contributed by atoms with Gasteiger partial charge in [-0.1, -0.05) is 24.3 Å². The number of aromatic nitrogens is 4. The van der Waals surface area contributed by atoms with E-state index in [9.17, 15) is 15.2 Å². The highest BCUT2D eigenvalue weighted by molar-refractivity contribution is 5.88. The van der Waals surface area contributed by atoms with Crippen LogP contribution < -0.4 is 0 Å². The number of imidazole rings is 1. The van der Waals surface area contributed by atoms with Gasteiger partial charge in [0.2, 0.25) is 5.91 Å². The van der Waals surface area contributed by atoms with Crippen LogP contribution in [0, 0.1) is 16.7 Å². The summed E-state index contributed by atoms with van der Waals surface area (Å²) < 4.78 is 2.16. The second-order valence-corrected chi connectivity index (χ2v) is 10.4. The molecule has 2 aliphatic rings. The second kappa shape index (κ2) is 7.65. The third kappa shape index (κ3) is 3.50. The third-order valence-electron chi connectivity index (χ3n) is 7.51. The van der Waals surface area contributed by atoms with Crippen LogP contribution in [0.3, 0.4) is 0 Å². The summed E-state index contributed by atoms with van der Waals surface area (Å²) in [6, 6.07) is 12.1. The number of carbonyl (C=O) groups excluding carboxylic acids is 1. The molecule has 1 aliphatic heterocycles. The van der Waals surface area contributed by atoms with Crippen LogP contribution >= 0.6 is 0 Å². The number of hydrogen-bond donors (Lipinski definition) is 2. The van der Waals surface area contributed by atoms with Crippen LogP contribution in [0.15, 0.2) is 42.7 Å². The average molecular weight is 469 g/mol. The number of rotatable bonds is 4. The van der Waals surface area contributed by atoms with E-state index in [1.54, 1.807) is 13.8 Å². The number of amides is 1. The van der Waals surface area contributed by atoms with E-state index in [0.717, 1.165) is 52.2 Å². The summed E-state index contributed by atoms with van der Waals surface area (Å²) in [5, 5.41) is 19.9. The van der Waals surface area contributed by atoms with Gasteiger partial charge in [0.05, 0.1) is 34.6 Å². The van der Waals surface area contributed by atoms with Crippen LogP contribution in [0.5, 0.6) is 0 Å². The molecular formula is C27H28N6O2. The van der Waals surface area contributed by atoms with Crippen molar-refractivity contribution in [2.45, 2.75) is 51.0 Å². The first-order valence-corrected chi connectivity index (χ1v) is 12.2. The number of aromatic amines is 1. The molecule has 0 radical (unpaired) electrons. The molecule has 1 saturated heterocycles. The summed E-state index contributed by atoms with van der Waals surface area (Å²) in [6.07, 6.45) is 6.85. The van der Waals surface area contributed by atoms with Gasteiger partial charge in [0.15, 0.2) is 5.65 Å². The predicted molar refractivity (Wildman–Crippen MR) is 131 cm³/mol. The molecule has 1 atom stereocenters. The van der Waals surface area contributed by atoms with Gasteiger partial charge in [-0.3, -0.25) is 9.20 Å². The Morgan fingerprint density at radius 3 is 2.69 bits per heavy atom. The molecule has 35 heavy (non-hydrogen) atoms. The standard InChI is InChI=1S/C27H28N6O2/c1-26(2,35)19-7-5-17(6-8-19)22-21-14-30-23-20(9-12-29-23)33(21)24(31-22)18-4-3-13-32(15-18)25(34)27(16-28)10-11-27/h5-9,12,14,18,29,35H,3-4,10-11,13,15H2,1-2H3. The minimum absolute atomic E-state index is 0.0264. The molecule has 1 aromatic carbocycles. The Morgan fingerprint density at radius 2 is 2.00 bits per heavy atom. The van der Waals surface area contributed by atoms with Gasteiger partial charge in [-0.05, 0) is 51.2 Å². The highest BCUT2D eigenvalue weighted by Gasteiger charge is 2.53. The first-order chi connectivity index (χ1) is 16.8. The molecule has 4 heterocycles. The van der Waals surface area contributed by atoms with E-state index in [-0.39, 0.29) is 11.8 Å². The van der Waals surface area contributed by atoms with Gasteiger partial charge in [-0.2, -0.15) is 5.26 Å². The Kier molecular flexibility index (Phi) is 4.77. The number of H-pyrrole nitrogens is 1. The zero-order valence-corrected chi connectivity index (χ0v) is 20.0. The number of aliphatic hydroxyl groups is 1. The van der Waals surface area contributed by atoms with E-state index in [1.165, 1.54) is 0 Å². The minimum atomic E-state index is -0.917. The van der Waals surface area contributed by atoms with Crippen LogP contribution in [-0.4, -0.2) is 48.4 Å². The molecule has 8 heteroatoms. The third-order valence-corrected chi connectivity index (χ3v) is 7.51. The quantitative estimate of drug-likeness (QED) is 0.468. The number of nitrogens with one attached hydrogen (secondary N) is 1. The van der Waals surface area contributed by atoms with Gasteiger partial charge in [-0.25, -0.2) is 9.97 Å². The molecule has 1 aliphatic carbocycles. The predicted octanol–water partition coefficient (Wildman–Crippen LogP) is 4.11. The molecule has 1 unspecified atom stereocenters. The fraction of sp³-hybridized carbons (Fsp3) is 0.407. The number of carbonyl (C=O) groups is 1. The second-order valence-electron chi connectivity index (χ2n) is 10.4. The summed E-state index contributed by atoms with van der Waals surface area (Å²) in [7, 11) is 0. The van der Waals surface area contributed by atoms with Gasteiger partial charge in [-0.15, -0.1) is 0 Å². The molecule has 1 amide bonds. The van der Waals surface area contributed by atoms with Gasteiger partial charge in [0.25, 0.3) is 0 Å². The Hall–Kier alpha value is -3.70. The zero-order valence-electron chi connectivity index (χ0n) is 20.0. The Bertz CT molecular complexity index is 1480. The number of nitriles is 1. The molecule has 178 valence electrons. The fourth-order valence-corrected chi connectivity index (χ4v) is 5.28. The molecule has 0 bridgehead atoms. The van der Waals surface area contributed by atoms with Crippen molar-refractivity contribution in [3.05, 3.63) is 54.1 Å². The molecular weight excluding hydrogens is 440 g/mol. The van der Waals surface area contributed by atoms with E-state index in [1.807, 2.05) is 47.6 Å². The maximum absolute atomic E-state index is 13.1. The summed E-state index contributed by atoms with van der Waals surface area (Å²) in [5.74, 6) is 0.939. The molecule has 2 N–H and O–H groups in total. The normalized spacial score (nSPS) is 19.7. The highest BCUT2D eigenvalue weighted by Crippen LogP contribution is 2.47. The monoisotopic (exact) mass is 468 g/mol. The van der Waals surface area contributed by atoms with E-state index in [4.69, 9.17) is 4.98 Å². The van der Waals surface area contributed by atoms with Crippen LogP contribution in [0.4, 0.5) is 0 Å². The van der Waals surface area contributed by atoms with E-state index >= 15 is 0 Å². The van der Waals surface area contributed by atoms with Crippen molar-refractivity contribution in [2.24, 2.45) is 5.41 Å². The molecule has 1 saturated carbocycles. The van der Waals surface area contributed by atoms with Gasteiger partial charge in [0.1, 0.15) is 11.2 Å². The number of likely N-dealkylation sites (tertiary alicyclic amines) is 1. The molecule has 6 rings (SSSR count). The Morgan fingerprint density at radius 1 is 1.23 bits per heavy atom. The van der Waals surface area contributed by atoms with Gasteiger partial charge >= 0.3 is 0 Å². The number of fused-ring (bicyclic) bond motifs is 3. The van der Waals surface area contributed by atoms with Gasteiger partial charge < -0.3 is 15.0 Å². The van der Waals surface area contributed by atoms with E-state index in [2.05, 4.69) is 20.4 Å². The minimum Gasteiger partial charge on any atom is -0.386 e. The molecule has 8 nitrogen and oxygen atoms in total. The maximum atomic E-state index is 13.1. The largest absolute Gasteiger partial charge is 0.386 e. The summed E-state index contributed by atoms with van der Waals surface area (Å²) in [6.45, 7) is 4.79. The van der Waals surface area contributed by atoms with E-state index < -0.39 is 11.0 Å². The van der Waals surface area contributed by atoms with Crippen molar-refractivity contribution in [2.75, 3.05) is 13.1 Å². The lowest BCUT2D eigenvalue weighted by molar-refractivity contribution is -0.136. The van der Waals surface area contributed by atoms with Crippen molar-refractivity contribution in [1.29, 1.82) is 5.26 Å². The van der Waals surface area contributed by atoms with E-state index in [0.29, 0.717) is 25.9 Å². The number of piperidine rings is 1. The molecule has 2 fully saturated rings. The SMILES string of the molecule is CC(C)(O)c1ccc(-c2nc(C3CCCN(C(=O)C4(C#N)CC4)C3)n3c2cnc2[nH]ccc23)cc1.